The molecule has 1 aromatic heterocycles. The van der Waals surface area contributed by atoms with Crippen molar-refractivity contribution in [3.8, 4) is 0 Å². The van der Waals surface area contributed by atoms with Crippen molar-refractivity contribution < 1.29 is 16.8 Å². The van der Waals surface area contributed by atoms with E-state index < -0.39 is 20.0 Å². The topological polar surface area (TPSA) is 117 Å². The van der Waals surface area contributed by atoms with E-state index in [0.29, 0.717) is 5.69 Å². The van der Waals surface area contributed by atoms with E-state index in [9.17, 15) is 16.8 Å². The van der Waals surface area contributed by atoms with E-state index in [1.165, 1.54) is 13.2 Å². The van der Waals surface area contributed by atoms with Gasteiger partial charge in [-0.1, -0.05) is 0 Å². The van der Waals surface area contributed by atoms with Crippen molar-refractivity contribution in [1.29, 1.82) is 0 Å². The number of hydrogen-bond acceptors (Lipinski definition) is 6. The first-order valence-electron chi connectivity index (χ1n) is 5.36. The maximum atomic E-state index is 12.0. The third-order valence-corrected chi connectivity index (χ3v) is 5.05. The van der Waals surface area contributed by atoms with Gasteiger partial charge < -0.3 is 5.32 Å². The molecule has 108 valence electrons. The van der Waals surface area contributed by atoms with Gasteiger partial charge in [-0.3, -0.25) is 0 Å². The lowest BCUT2D eigenvalue weighted by Gasteiger charge is -2.09. The monoisotopic (exact) mass is 308 g/mol. The lowest BCUT2D eigenvalue weighted by atomic mass is 10.4. The Hall–Kier alpha value is -1.23. The van der Waals surface area contributed by atoms with Crippen LogP contribution in [0.2, 0.25) is 0 Å². The third-order valence-electron chi connectivity index (χ3n) is 2.27. The number of hydrogen-bond donors (Lipinski definition) is 3. The highest BCUT2D eigenvalue weighted by molar-refractivity contribution is 7.90. The van der Waals surface area contributed by atoms with Crippen molar-refractivity contribution in [2.75, 3.05) is 31.7 Å². The highest BCUT2D eigenvalue weighted by atomic mass is 32.2. The van der Waals surface area contributed by atoms with Crippen molar-refractivity contribution in [2.24, 2.45) is 0 Å². The Balaban J connectivity index is 2.82. The predicted octanol–water partition coefficient (Wildman–Crippen LogP) is -1.05. The van der Waals surface area contributed by atoms with Crippen LogP contribution in [0.1, 0.15) is 0 Å². The van der Waals surface area contributed by atoms with Crippen LogP contribution in [-0.2, 0) is 20.0 Å². The summed E-state index contributed by atoms with van der Waals surface area (Å²) in [6.07, 6.45) is 1.35. The molecule has 0 aromatic carbocycles. The summed E-state index contributed by atoms with van der Waals surface area (Å²) in [5.74, 6) is -0.343. The van der Waals surface area contributed by atoms with E-state index in [0.717, 1.165) is 0 Å². The maximum Gasteiger partial charge on any atom is 0.260 e. The molecule has 0 amide bonds. The average Bonchev–Trinajstić information content (AvgIpc) is 2.38. The Morgan fingerprint density at radius 1 is 1.21 bits per heavy atom. The molecular formula is C9H16N4O4S2. The van der Waals surface area contributed by atoms with Crippen LogP contribution in [-0.4, -0.2) is 48.2 Å². The zero-order valence-electron chi connectivity index (χ0n) is 10.5. The summed E-state index contributed by atoms with van der Waals surface area (Å²) in [6, 6.07) is 3.15. The van der Waals surface area contributed by atoms with Gasteiger partial charge in [-0.2, -0.15) is 0 Å². The Kier molecular flexibility index (Phi) is 5.23. The standard InChI is InChI=1S/C9H16N4O4S2/c1-10-8-4-3-5-12-9(8)19(16,17)13-6-7-18(14,15)11-2/h3-5,10-11,13H,6-7H2,1-2H3. The molecule has 0 aliphatic carbocycles. The van der Waals surface area contributed by atoms with Crippen LogP contribution in [0.15, 0.2) is 23.4 Å². The number of sulfonamides is 2. The van der Waals surface area contributed by atoms with Crippen LogP contribution in [0, 0.1) is 0 Å². The molecule has 0 spiro atoms. The fraction of sp³-hybridized carbons (Fsp3) is 0.444. The SMILES string of the molecule is CNc1cccnc1S(=O)(=O)NCCS(=O)(=O)NC. The minimum Gasteiger partial charge on any atom is -0.386 e. The maximum absolute atomic E-state index is 12.0. The van der Waals surface area contributed by atoms with Crippen LogP contribution in [0.25, 0.3) is 0 Å². The van der Waals surface area contributed by atoms with Gasteiger partial charge in [-0.25, -0.2) is 31.3 Å². The molecule has 1 heterocycles. The van der Waals surface area contributed by atoms with Gasteiger partial charge in [-0.15, -0.1) is 0 Å². The van der Waals surface area contributed by atoms with Crippen molar-refractivity contribution in [2.45, 2.75) is 5.03 Å². The first kappa shape index (κ1) is 15.8. The second kappa shape index (κ2) is 6.28. The molecule has 1 aromatic rings. The fourth-order valence-corrected chi connectivity index (χ4v) is 3.15. The molecule has 1 rings (SSSR count). The molecule has 0 saturated heterocycles. The predicted molar refractivity (Wildman–Crippen MR) is 71.8 cm³/mol. The quantitative estimate of drug-likeness (QED) is 0.592. The van der Waals surface area contributed by atoms with Crippen LogP contribution in [0.3, 0.4) is 0 Å². The van der Waals surface area contributed by atoms with Crippen LogP contribution in [0.5, 0.6) is 0 Å². The molecule has 8 nitrogen and oxygen atoms in total. The van der Waals surface area contributed by atoms with Crippen molar-refractivity contribution in [3.63, 3.8) is 0 Å². The number of pyridine rings is 1. The molecular weight excluding hydrogens is 292 g/mol. The minimum absolute atomic E-state index is 0.167. The Morgan fingerprint density at radius 2 is 1.89 bits per heavy atom. The highest BCUT2D eigenvalue weighted by Gasteiger charge is 2.20. The van der Waals surface area contributed by atoms with Gasteiger partial charge in [0, 0.05) is 19.8 Å². The lowest BCUT2D eigenvalue weighted by molar-refractivity contribution is 0.576. The first-order valence-corrected chi connectivity index (χ1v) is 8.49. The number of anilines is 1. The Morgan fingerprint density at radius 3 is 2.47 bits per heavy atom. The lowest BCUT2D eigenvalue weighted by Crippen LogP contribution is -2.33. The van der Waals surface area contributed by atoms with Gasteiger partial charge in [0.2, 0.25) is 10.0 Å². The zero-order valence-corrected chi connectivity index (χ0v) is 12.2. The second-order valence-corrected chi connectivity index (χ2v) is 7.26. The number of nitrogens with zero attached hydrogens (tertiary/aromatic N) is 1. The molecule has 10 heteroatoms. The second-order valence-electron chi connectivity index (χ2n) is 3.53. The summed E-state index contributed by atoms with van der Waals surface area (Å²) in [5.41, 5.74) is 0.339. The van der Waals surface area contributed by atoms with Crippen LogP contribution in [0.4, 0.5) is 5.69 Å². The van der Waals surface area contributed by atoms with Gasteiger partial charge >= 0.3 is 0 Å². The minimum atomic E-state index is -3.85. The molecule has 0 radical (unpaired) electrons. The van der Waals surface area contributed by atoms with E-state index >= 15 is 0 Å². The zero-order chi connectivity index (χ0) is 14.5. The molecule has 0 saturated carbocycles. The number of aromatic nitrogens is 1. The smallest absolute Gasteiger partial charge is 0.260 e. The molecule has 3 N–H and O–H groups in total. The van der Waals surface area contributed by atoms with Crippen molar-refractivity contribution in [1.82, 2.24) is 14.4 Å². The molecule has 0 atom stereocenters. The molecule has 0 bridgehead atoms. The fourth-order valence-electron chi connectivity index (χ4n) is 1.28. The Bertz CT molecular complexity index is 627. The average molecular weight is 308 g/mol. The largest absolute Gasteiger partial charge is 0.386 e. The molecule has 19 heavy (non-hydrogen) atoms. The van der Waals surface area contributed by atoms with Gasteiger partial charge in [0.05, 0.1) is 11.4 Å². The summed E-state index contributed by atoms with van der Waals surface area (Å²) >= 11 is 0. The van der Waals surface area contributed by atoms with Gasteiger partial charge in [0.15, 0.2) is 5.03 Å². The van der Waals surface area contributed by atoms with Crippen LogP contribution < -0.4 is 14.8 Å². The first-order chi connectivity index (χ1) is 8.82. The van der Waals surface area contributed by atoms with E-state index in [1.54, 1.807) is 19.2 Å². The summed E-state index contributed by atoms with van der Waals surface area (Å²) in [6.45, 7) is -0.231. The van der Waals surface area contributed by atoms with E-state index in [1.807, 2.05) is 0 Å². The third kappa shape index (κ3) is 4.42. The van der Waals surface area contributed by atoms with E-state index in [4.69, 9.17) is 0 Å². The van der Waals surface area contributed by atoms with Crippen molar-refractivity contribution >= 4 is 25.7 Å². The molecule has 0 fully saturated rings. The Labute approximate surface area is 112 Å². The van der Waals surface area contributed by atoms with Crippen molar-refractivity contribution in [3.05, 3.63) is 18.3 Å². The van der Waals surface area contributed by atoms with Gasteiger partial charge in [-0.05, 0) is 19.2 Å². The highest BCUT2D eigenvalue weighted by Crippen LogP contribution is 2.16. The number of rotatable bonds is 7. The molecule has 0 aliphatic heterocycles. The van der Waals surface area contributed by atoms with Crippen LogP contribution >= 0.6 is 0 Å². The van der Waals surface area contributed by atoms with E-state index in [2.05, 4.69) is 19.7 Å². The summed E-state index contributed by atoms with van der Waals surface area (Å²) in [7, 11) is -4.47. The van der Waals surface area contributed by atoms with Gasteiger partial charge in [0.1, 0.15) is 0 Å². The van der Waals surface area contributed by atoms with Gasteiger partial charge in [0.25, 0.3) is 10.0 Å². The summed E-state index contributed by atoms with van der Waals surface area (Å²) in [5, 5.41) is 2.54. The summed E-state index contributed by atoms with van der Waals surface area (Å²) in [4.78, 5) is 3.78. The number of nitrogens with one attached hydrogen (secondary N) is 3. The molecule has 0 unspecified atom stereocenters. The normalized spacial score (nSPS) is 12.3. The molecule has 0 aliphatic rings. The summed E-state index contributed by atoms with van der Waals surface area (Å²) < 4.78 is 50.5. The van der Waals surface area contributed by atoms with E-state index in [-0.39, 0.29) is 17.3 Å².